The van der Waals surface area contributed by atoms with E-state index in [2.05, 4.69) is 34.2 Å². The van der Waals surface area contributed by atoms with Gasteiger partial charge in [-0.3, -0.25) is 4.79 Å². The van der Waals surface area contributed by atoms with Crippen molar-refractivity contribution in [2.75, 3.05) is 5.75 Å². The first kappa shape index (κ1) is 16.4. The largest absolute Gasteiger partial charge is 0.353 e. The molecule has 1 aromatic rings. The average Bonchev–Trinajstić information content (AvgIpc) is 3.12. The molecule has 4 atom stereocenters. The summed E-state index contributed by atoms with van der Waals surface area (Å²) in [5.41, 5.74) is 1.25. The Bertz CT molecular complexity index is 536. The predicted octanol–water partition coefficient (Wildman–Crippen LogP) is 4.62. The Hall–Kier alpha value is -0.480. The van der Waals surface area contributed by atoms with E-state index in [4.69, 9.17) is 0 Å². The van der Waals surface area contributed by atoms with Crippen molar-refractivity contribution in [1.82, 2.24) is 5.32 Å². The first-order valence-electron chi connectivity index (χ1n) is 8.24. The zero-order valence-corrected chi connectivity index (χ0v) is 15.5. The van der Waals surface area contributed by atoms with Crippen LogP contribution in [0.25, 0.3) is 0 Å². The maximum absolute atomic E-state index is 12.1. The lowest BCUT2D eigenvalue weighted by atomic mass is 9.84. The summed E-state index contributed by atoms with van der Waals surface area (Å²) < 4.78 is 1.12. The zero-order valence-electron chi connectivity index (χ0n) is 13.1. The van der Waals surface area contributed by atoms with Crippen molar-refractivity contribution in [2.45, 2.75) is 44.4 Å². The molecule has 2 bridgehead atoms. The number of fused-ring (bicyclic) bond motifs is 2. The number of carbonyl (C=O) groups is 1. The van der Waals surface area contributed by atoms with E-state index in [9.17, 15) is 4.79 Å². The number of hydrogen-bond donors (Lipinski definition) is 1. The van der Waals surface area contributed by atoms with E-state index in [-0.39, 0.29) is 5.91 Å². The maximum atomic E-state index is 12.1. The molecular formula is C18H24BrNOS. The van der Waals surface area contributed by atoms with E-state index in [1.807, 2.05) is 18.2 Å². The Morgan fingerprint density at radius 1 is 1.36 bits per heavy atom. The topological polar surface area (TPSA) is 29.1 Å². The number of rotatable bonds is 6. The molecule has 2 saturated carbocycles. The monoisotopic (exact) mass is 381 g/mol. The molecule has 0 heterocycles. The third-order valence-electron chi connectivity index (χ3n) is 5.27. The molecule has 0 aliphatic heterocycles. The van der Waals surface area contributed by atoms with E-state index < -0.39 is 0 Å². The van der Waals surface area contributed by atoms with Crippen LogP contribution in [-0.4, -0.2) is 17.7 Å². The first-order chi connectivity index (χ1) is 10.6. The van der Waals surface area contributed by atoms with E-state index in [1.165, 1.54) is 31.2 Å². The summed E-state index contributed by atoms with van der Waals surface area (Å²) in [6.45, 7) is 2.20. The van der Waals surface area contributed by atoms with E-state index in [1.54, 1.807) is 11.8 Å². The van der Waals surface area contributed by atoms with Crippen LogP contribution in [0.2, 0.25) is 0 Å². The number of thioether (sulfide) groups is 1. The van der Waals surface area contributed by atoms with Gasteiger partial charge in [-0.1, -0.05) is 40.5 Å². The molecular weight excluding hydrogens is 358 g/mol. The molecule has 0 aromatic heterocycles. The minimum Gasteiger partial charge on any atom is -0.353 e. The smallest absolute Gasteiger partial charge is 0.230 e. The van der Waals surface area contributed by atoms with Crippen molar-refractivity contribution in [3.05, 3.63) is 34.3 Å². The number of carbonyl (C=O) groups excluding carboxylic acids is 1. The molecule has 3 rings (SSSR count). The summed E-state index contributed by atoms with van der Waals surface area (Å²) in [6, 6.07) is 8.55. The van der Waals surface area contributed by atoms with Gasteiger partial charge in [-0.05, 0) is 55.6 Å². The fourth-order valence-corrected chi connectivity index (χ4v) is 5.63. The lowest BCUT2D eigenvalue weighted by molar-refractivity contribution is -0.119. The molecule has 1 amide bonds. The lowest BCUT2D eigenvalue weighted by Crippen LogP contribution is -2.40. The summed E-state index contributed by atoms with van der Waals surface area (Å²) >= 11 is 5.24. The van der Waals surface area contributed by atoms with Gasteiger partial charge < -0.3 is 5.32 Å². The highest BCUT2D eigenvalue weighted by Crippen LogP contribution is 2.49. The minimum atomic E-state index is 0.187. The molecule has 1 N–H and O–H groups in total. The van der Waals surface area contributed by atoms with Gasteiger partial charge in [0.15, 0.2) is 0 Å². The molecule has 4 heteroatoms. The molecule has 0 saturated heterocycles. The van der Waals surface area contributed by atoms with Crippen molar-refractivity contribution in [2.24, 2.45) is 17.8 Å². The van der Waals surface area contributed by atoms with Gasteiger partial charge in [0, 0.05) is 16.3 Å². The molecule has 0 radical (unpaired) electrons. The maximum Gasteiger partial charge on any atom is 0.230 e. The van der Waals surface area contributed by atoms with Crippen LogP contribution in [0, 0.1) is 17.8 Å². The molecule has 120 valence electrons. The SMILES string of the molecule is CC(NC(=O)CSCc1ccccc1Br)C1CC2CCC1C2. The van der Waals surface area contributed by atoms with Gasteiger partial charge in [0.05, 0.1) is 5.75 Å². The van der Waals surface area contributed by atoms with Crippen molar-refractivity contribution >= 4 is 33.6 Å². The summed E-state index contributed by atoms with van der Waals surface area (Å²) in [5, 5.41) is 3.24. The number of nitrogens with one attached hydrogen (secondary N) is 1. The van der Waals surface area contributed by atoms with Crippen LogP contribution in [0.15, 0.2) is 28.7 Å². The molecule has 2 aliphatic rings. The second-order valence-corrected chi connectivity index (χ2v) is 8.62. The second kappa shape index (κ2) is 7.39. The normalized spacial score (nSPS) is 27.8. The molecule has 0 spiro atoms. The molecule has 2 fully saturated rings. The fraction of sp³-hybridized carbons (Fsp3) is 0.611. The quantitative estimate of drug-likeness (QED) is 0.778. The van der Waals surface area contributed by atoms with Crippen molar-refractivity contribution < 1.29 is 4.79 Å². The van der Waals surface area contributed by atoms with E-state index in [0.717, 1.165) is 28.0 Å². The Balaban J connectivity index is 1.40. The van der Waals surface area contributed by atoms with Gasteiger partial charge in [-0.25, -0.2) is 0 Å². The second-order valence-electron chi connectivity index (χ2n) is 6.78. The zero-order chi connectivity index (χ0) is 15.5. The standard InChI is InChI=1S/C18H24BrNOS/c1-12(16-9-13-6-7-14(16)8-13)20-18(21)11-22-10-15-4-2-3-5-17(15)19/h2-5,12-14,16H,6-11H2,1H3,(H,20,21). The Morgan fingerprint density at radius 3 is 2.86 bits per heavy atom. The van der Waals surface area contributed by atoms with Gasteiger partial charge in [0.1, 0.15) is 0 Å². The minimum absolute atomic E-state index is 0.187. The summed E-state index contributed by atoms with van der Waals surface area (Å²) in [6.07, 6.45) is 5.54. The first-order valence-corrected chi connectivity index (χ1v) is 10.2. The van der Waals surface area contributed by atoms with Crippen LogP contribution in [0.5, 0.6) is 0 Å². The third kappa shape index (κ3) is 3.88. The highest BCUT2D eigenvalue weighted by atomic mass is 79.9. The fourth-order valence-electron chi connectivity index (χ4n) is 4.18. The number of amides is 1. The molecule has 4 unspecified atom stereocenters. The molecule has 2 aliphatic carbocycles. The van der Waals surface area contributed by atoms with Crippen LogP contribution in [0.1, 0.15) is 38.2 Å². The van der Waals surface area contributed by atoms with Crippen LogP contribution < -0.4 is 5.32 Å². The molecule has 2 nitrogen and oxygen atoms in total. The number of halogens is 1. The van der Waals surface area contributed by atoms with E-state index >= 15 is 0 Å². The van der Waals surface area contributed by atoms with Gasteiger partial charge in [-0.15, -0.1) is 11.8 Å². The third-order valence-corrected chi connectivity index (χ3v) is 7.03. The average molecular weight is 382 g/mol. The summed E-state index contributed by atoms with van der Waals surface area (Å²) in [4.78, 5) is 12.1. The number of hydrogen-bond acceptors (Lipinski definition) is 2. The van der Waals surface area contributed by atoms with Gasteiger partial charge in [-0.2, -0.15) is 0 Å². The van der Waals surface area contributed by atoms with Gasteiger partial charge in [0.25, 0.3) is 0 Å². The van der Waals surface area contributed by atoms with Crippen LogP contribution in [-0.2, 0) is 10.5 Å². The van der Waals surface area contributed by atoms with Crippen molar-refractivity contribution in [1.29, 1.82) is 0 Å². The lowest BCUT2D eigenvalue weighted by Gasteiger charge is -2.28. The van der Waals surface area contributed by atoms with Gasteiger partial charge >= 0.3 is 0 Å². The van der Waals surface area contributed by atoms with Crippen LogP contribution in [0.4, 0.5) is 0 Å². The summed E-state index contributed by atoms with van der Waals surface area (Å²) in [5.74, 6) is 4.14. The molecule has 22 heavy (non-hydrogen) atoms. The Labute approximate surface area is 146 Å². The Morgan fingerprint density at radius 2 is 2.18 bits per heavy atom. The van der Waals surface area contributed by atoms with Crippen LogP contribution >= 0.6 is 27.7 Å². The van der Waals surface area contributed by atoms with Crippen LogP contribution in [0.3, 0.4) is 0 Å². The highest BCUT2D eigenvalue weighted by Gasteiger charge is 2.42. The van der Waals surface area contributed by atoms with E-state index in [0.29, 0.717) is 11.8 Å². The highest BCUT2D eigenvalue weighted by molar-refractivity contribution is 9.10. The number of benzene rings is 1. The molecule has 1 aromatic carbocycles. The van der Waals surface area contributed by atoms with Gasteiger partial charge in [0.2, 0.25) is 5.91 Å². The van der Waals surface area contributed by atoms with Crippen molar-refractivity contribution in [3.8, 4) is 0 Å². The van der Waals surface area contributed by atoms with Crippen molar-refractivity contribution in [3.63, 3.8) is 0 Å². The predicted molar refractivity (Wildman–Crippen MR) is 96.8 cm³/mol. The summed E-state index contributed by atoms with van der Waals surface area (Å²) in [7, 11) is 0. The Kier molecular flexibility index (Phi) is 5.50.